The van der Waals surface area contributed by atoms with Crippen molar-refractivity contribution in [2.45, 2.75) is 0 Å². The number of hydrazone groups is 1. The minimum atomic E-state index is -0.436. The molecular formula is C19H18N4O5S. The first kappa shape index (κ1) is 20.1. The summed E-state index contributed by atoms with van der Waals surface area (Å²) in [6.07, 6.45) is 1.59. The zero-order valence-corrected chi connectivity index (χ0v) is 16.7. The number of anilines is 1. The van der Waals surface area contributed by atoms with Gasteiger partial charge >= 0.3 is 0 Å². The molecule has 0 aliphatic rings. The van der Waals surface area contributed by atoms with Crippen LogP contribution in [0.3, 0.4) is 0 Å². The number of benzene rings is 2. The molecule has 0 spiro atoms. The van der Waals surface area contributed by atoms with Crippen LogP contribution in [0.15, 0.2) is 46.9 Å². The summed E-state index contributed by atoms with van der Waals surface area (Å²) >= 11 is 1.37. The van der Waals surface area contributed by atoms with Crippen molar-refractivity contribution in [2.24, 2.45) is 5.10 Å². The average molecular weight is 414 g/mol. The molecule has 9 nitrogen and oxygen atoms in total. The standard InChI is InChI=1S/C19H18N4O5S/c1-26-16-9-18(28-3)17(27-2)8-13(16)10-20-22-19-21-15(11-29-19)12-4-6-14(7-5-12)23(24)25/h4-11H,1-3H3,(H,21,22)/b20-10+. The molecular weight excluding hydrogens is 396 g/mol. The van der Waals surface area contributed by atoms with E-state index in [1.54, 1.807) is 51.8 Å². The molecule has 1 N–H and O–H groups in total. The number of hydrogen-bond acceptors (Lipinski definition) is 9. The molecule has 2 aromatic carbocycles. The third-order valence-electron chi connectivity index (χ3n) is 3.98. The van der Waals surface area contributed by atoms with E-state index in [1.807, 2.05) is 5.38 Å². The summed E-state index contributed by atoms with van der Waals surface area (Å²) in [5, 5.41) is 17.4. The monoisotopic (exact) mass is 414 g/mol. The lowest BCUT2D eigenvalue weighted by molar-refractivity contribution is -0.384. The highest BCUT2D eigenvalue weighted by atomic mass is 32.1. The molecule has 0 saturated heterocycles. The summed E-state index contributed by atoms with van der Waals surface area (Å²) in [6, 6.07) is 9.69. The van der Waals surface area contributed by atoms with Crippen LogP contribution in [0.2, 0.25) is 0 Å². The molecule has 3 aromatic rings. The van der Waals surface area contributed by atoms with Crippen molar-refractivity contribution in [1.82, 2.24) is 4.98 Å². The molecule has 0 aliphatic heterocycles. The Labute approximate surface area is 170 Å². The molecule has 0 unspecified atom stereocenters. The molecule has 150 valence electrons. The van der Waals surface area contributed by atoms with Gasteiger partial charge in [0.1, 0.15) is 5.75 Å². The van der Waals surface area contributed by atoms with Gasteiger partial charge in [-0.2, -0.15) is 5.10 Å². The lowest BCUT2D eigenvalue weighted by Gasteiger charge is -2.11. The number of non-ortho nitro benzene ring substituents is 1. The SMILES string of the molecule is COc1cc(OC)c(OC)cc1/C=N/Nc1nc(-c2ccc([N+](=O)[O-])cc2)cs1. The maximum Gasteiger partial charge on any atom is 0.269 e. The minimum absolute atomic E-state index is 0.0378. The summed E-state index contributed by atoms with van der Waals surface area (Å²) in [5.41, 5.74) is 5.09. The molecule has 1 aromatic heterocycles. The van der Waals surface area contributed by atoms with Crippen molar-refractivity contribution in [3.8, 4) is 28.5 Å². The van der Waals surface area contributed by atoms with Gasteiger partial charge < -0.3 is 14.2 Å². The third kappa shape index (κ3) is 4.61. The predicted octanol–water partition coefficient (Wildman–Crippen LogP) is 4.19. The topological polar surface area (TPSA) is 108 Å². The number of rotatable bonds is 8. The Balaban J connectivity index is 1.74. The van der Waals surface area contributed by atoms with Gasteiger partial charge in [-0.05, 0) is 18.2 Å². The number of nitro benzene ring substituents is 1. The molecule has 3 rings (SSSR count). The second-order valence-electron chi connectivity index (χ2n) is 5.66. The van der Waals surface area contributed by atoms with Crippen LogP contribution < -0.4 is 19.6 Å². The van der Waals surface area contributed by atoms with Gasteiger partial charge in [0.05, 0.1) is 38.2 Å². The van der Waals surface area contributed by atoms with E-state index in [4.69, 9.17) is 14.2 Å². The van der Waals surface area contributed by atoms with Gasteiger partial charge in [0, 0.05) is 34.7 Å². The molecule has 0 radical (unpaired) electrons. The Hall–Kier alpha value is -3.66. The number of nitrogens with zero attached hydrogens (tertiary/aromatic N) is 3. The number of nitrogens with one attached hydrogen (secondary N) is 1. The fourth-order valence-corrected chi connectivity index (χ4v) is 3.19. The zero-order valence-electron chi connectivity index (χ0n) is 15.9. The van der Waals surface area contributed by atoms with Crippen LogP contribution in [0.25, 0.3) is 11.3 Å². The fourth-order valence-electron chi connectivity index (χ4n) is 2.52. The first-order valence-corrected chi connectivity index (χ1v) is 9.23. The van der Waals surface area contributed by atoms with Crippen LogP contribution in [0, 0.1) is 10.1 Å². The summed E-state index contributed by atoms with van der Waals surface area (Å²) in [7, 11) is 4.67. The largest absolute Gasteiger partial charge is 0.496 e. The van der Waals surface area contributed by atoms with Gasteiger partial charge in [0.25, 0.3) is 5.69 Å². The van der Waals surface area contributed by atoms with Crippen molar-refractivity contribution in [1.29, 1.82) is 0 Å². The van der Waals surface area contributed by atoms with Crippen molar-refractivity contribution < 1.29 is 19.1 Å². The van der Waals surface area contributed by atoms with Gasteiger partial charge in [-0.3, -0.25) is 15.5 Å². The smallest absolute Gasteiger partial charge is 0.269 e. The molecule has 10 heteroatoms. The van der Waals surface area contributed by atoms with Crippen LogP contribution in [0.1, 0.15) is 5.56 Å². The summed E-state index contributed by atoms with van der Waals surface area (Å²) in [6.45, 7) is 0. The van der Waals surface area contributed by atoms with Crippen LogP contribution in [-0.2, 0) is 0 Å². The lowest BCUT2D eigenvalue weighted by atomic mass is 10.1. The number of hydrogen-bond donors (Lipinski definition) is 1. The van der Waals surface area contributed by atoms with Crippen molar-refractivity contribution in [3.63, 3.8) is 0 Å². The normalized spacial score (nSPS) is 10.7. The third-order valence-corrected chi connectivity index (χ3v) is 4.72. The number of thiazole rings is 1. The molecule has 1 heterocycles. The maximum atomic E-state index is 10.8. The Morgan fingerprint density at radius 2 is 1.72 bits per heavy atom. The Morgan fingerprint density at radius 3 is 2.34 bits per heavy atom. The number of ether oxygens (including phenoxy) is 3. The van der Waals surface area contributed by atoms with Gasteiger partial charge in [0.15, 0.2) is 11.5 Å². The predicted molar refractivity (Wildman–Crippen MR) is 112 cm³/mol. The fraction of sp³-hybridized carbons (Fsp3) is 0.158. The van der Waals surface area contributed by atoms with Crippen molar-refractivity contribution >= 4 is 28.4 Å². The average Bonchev–Trinajstić information content (AvgIpc) is 3.22. The maximum absolute atomic E-state index is 10.8. The second-order valence-corrected chi connectivity index (χ2v) is 6.52. The Kier molecular flexibility index (Phi) is 6.25. The van der Waals surface area contributed by atoms with E-state index in [-0.39, 0.29) is 5.69 Å². The minimum Gasteiger partial charge on any atom is -0.496 e. The van der Waals surface area contributed by atoms with Gasteiger partial charge in [-0.25, -0.2) is 4.98 Å². The Bertz CT molecular complexity index is 1030. The van der Waals surface area contributed by atoms with E-state index in [1.165, 1.54) is 23.5 Å². The van der Waals surface area contributed by atoms with Crippen molar-refractivity contribution in [2.75, 3.05) is 26.8 Å². The number of nitro groups is 1. The highest BCUT2D eigenvalue weighted by molar-refractivity contribution is 7.14. The zero-order chi connectivity index (χ0) is 20.8. The van der Waals surface area contributed by atoms with E-state index >= 15 is 0 Å². The molecule has 0 aliphatic carbocycles. The van der Waals surface area contributed by atoms with E-state index in [0.717, 1.165) is 5.56 Å². The van der Waals surface area contributed by atoms with Crippen LogP contribution in [0.5, 0.6) is 17.2 Å². The van der Waals surface area contributed by atoms with E-state index in [2.05, 4.69) is 15.5 Å². The quantitative estimate of drug-likeness (QED) is 0.334. The first-order chi connectivity index (χ1) is 14.0. The summed E-state index contributed by atoms with van der Waals surface area (Å²) < 4.78 is 15.9. The van der Waals surface area contributed by atoms with Gasteiger partial charge in [0.2, 0.25) is 5.13 Å². The van der Waals surface area contributed by atoms with Crippen LogP contribution >= 0.6 is 11.3 Å². The summed E-state index contributed by atoms with van der Waals surface area (Å²) in [5.74, 6) is 1.70. The highest BCUT2D eigenvalue weighted by Gasteiger charge is 2.11. The molecule has 0 saturated carbocycles. The molecule has 0 amide bonds. The highest BCUT2D eigenvalue weighted by Crippen LogP contribution is 2.34. The van der Waals surface area contributed by atoms with E-state index in [0.29, 0.717) is 33.6 Å². The first-order valence-electron chi connectivity index (χ1n) is 8.35. The summed E-state index contributed by atoms with van der Waals surface area (Å²) in [4.78, 5) is 14.8. The number of aromatic nitrogens is 1. The van der Waals surface area contributed by atoms with Crippen LogP contribution in [0.4, 0.5) is 10.8 Å². The van der Waals surface area contributed by atoms with E-state index < -0.39 is 4.92 Å². The number of methoxy groups -OCH3 is 3. The van der Waals surface area contributed by atoms with Gasteiger partial charge in [-0.1, -0.05) is 0 Å². The van der Waals surface area contributed by atoms with E-state index in [9.17, 15) is 10.1 Å². The lowest BCUT2D eigenvalue weighted by Crippen LogP contribution is -1.98. The molecule has 29 heavy (non-hydrogen) atoms. The Morgan fingerprint density at radius 1 is 1.07 bits per heavy atom. The molecule has 0 fully saturated rings. The van der Waals surface area contributed by atoms with Crippen molar-refractivity contribution in [3.05, 3.63) is 57.5 Å². The van der Waals surface area contributed by atoms with Crippen LogP contribution in [-0.4, -0.2) is 37.5 Å². The molecule has 0 atom stereocenters. The molecule has 0 bridgehead atoms. The second kappa shape index (κ2) is 9.02. The van der Waals surface area contributed by atoms with Gasteiger partial charge in [-0.15, -0.1) is 11.3 Å².